The van der Waals surface area contributed by atoms with Crippen molar-refractivity contribution < 1.29 is 31.7 Å². The van der Waals surface area contributed by atoms with Gasteiger partial charge in [-0.15, -0.1) is 0 Å². The molecule has 0 fully saturated rings. The van der Waals surface area contributed by atoms with Gasteiger partial charge in [-0.1, -0.05) is 41.5 Å². The molecular weight excluding hydrogens is 472 g/mol. The number of nitrogens with two attached hydrogens (primary N) is 2. The Bertz CT molecular complexity index is 559. The van der Waals surface area contributed by atoms with E-state index in [0.717, 1.165) is 12.5 Å². The Hall–Kier alpha value is -0.826. The van der Waals surface area contributed by atoms with E-state index in [1.54, 1.807) is 21.3 Å². The van der Waals surface area contributed by atoms with E-state index in [0.29, 0.717) is 38.0 Å². The molecule has 1 unspecified atom stereocenters. The zero-order valence-corrected chi connectivity index (χ0v) is 25.3. The van der Waals surface area contributed by atoms with Crippen molar-refractivity contribution in [3.05, 3.63) is 0 Å². The van der Waals surface area contributed by atoms with Gasteiger partial charge in [0.05, 0.1) is 5.41 Å². The van der Waals surface area contributed by atoms with Crippen molar-refractivity contribution in [2.75, 3.05) is 34.4 Å². The Labute approximate surface area is 210 Å². The van der Waals surface area contributed by atoms with Gasteiger partial charge in [0.1, 0.15) is 0 Å². The highest BCUT2D eigenvalue weighted by molar-refractivity contribution is 6.70. The number of rotatable bonds is 16. The molecule has 0 aromatic heterocycles. The third kappa shape index (κ3) is 10.4. The zero-order valence-electron chi connectivity index (χ0n) is 23.3. The van der Waals surface area contributed by atoms with Gasteiger partial charge in [-0.3, -0.25) is 9.59 Å². The first-order chi connectivity index (χ1) is 15.9. The van der Waals surface area contributed by atoms with Crippen LogP contribution in [0.3, 0.4) is 0 Å². The van der Waals surface area contributed by atoms with Crippen LogP contribution in [0.4, 0.5) is 0 Å². The molecule has 9 nitrogen and oxygen atoms in total. The van der Waals surface area contributed by atoms with Crippen molar-refractivity contribution >= 4 is 29.3 Å². The lowest BCUT2D eigenvalue weighted by molar-refractivity contribution is -0.156. The number of carbonyl (C=O) groups excluding carboxylic acids is 2. The summed E-state index contributed by atoms with van der Waals surface area (Å²) < 4.78 is 27.1. The van der Waals surface area contributed by atoms with Crippen LogP contribution in [0.15, 0.2) is 0 Å². The Morgan fingerprint density at radius 1 is 0.824 bits per heavy atom. The summed E-state index contributed by atoms with van der Waals surface area (Å²) >= 11 is 0. The maximum absolute atomic E-state index is 13.1. The van der Waals surface area contributed by atoms with Crippen LogP contribution < -0.4 is 11.5 Å². The summed E-state index contributed by atoms with van der Waals surface area (Å²) in [5, 5.41) is 0. The lowest BCUT2D eigenvalue weighted by atomic mass is 9.67. The van der Waals surface area contributed by atoms with E-state index < -0.39 is 22.8 Å². The van der Waals surface area contributed by atoms with Gasteiger partial charge in [0.25, 0.3) is 5.97 Å². The third-order valence-corrected chi connectivity index (χ3v) is 12.8. The number of hydrogen-bond acceptors (Lipinski definition) is 9. The fraction of sp³-hybridized carbons (Fsp3) is 0.913. The Morgan fingerprint density at radius 2 is 1.26 bits per heavy atom. The first kappa shape index (κ1) is 35.3. The Balaban J connectivity index is 0. The molecule has 4 N–H and O–H groups in total. The molecule has 0 rings (SSSR count). The molecule has 0 amide bonds. The summed E-state index contributed by atoms with van der Waals surface area (Å²) in [5.74, 6) is -0.317. The van der Waals surface area contributed by atoms with Gasteiger partial charge in [0.2, 0.25) is 0 Å². The average molecular weight is 525 g/mol. The molecule has 0 aliphatic rings. The van der Waals surface area contributed by atoms with Crippen LogP contribution in [0.1, 0.15) is 67.7 Å². The predicted molar refractivity (Wildman–Crippen MR) is 140 cm³/mol. The monoisotopic (exact) mass is 524 g/mol. The van der Waals surface area contributed by atoms with E-state index in [1.165, 1.54) is 6.92 Å². The highest BCUT2D eigenvalue weighted by Gasteiger charge is 2.50. The van der Waals surface area contributed by atoms with Crippen molar-refractivity contribution in [1.82, 2.24) is 0 Å². The van der Waals surface area contributed by atoms with Crippen molar-refractivity contribution in [2.45, 2.75) is 85.9 Å². The summed E-state index contributed by atoms with van der Waals surface area (Å²) in [4.78, 5) is 24.6. The number of hydrogen-bond donors (Lipinski definition) is 2. The van der Waals surface area contributed by atoms with Crippen LogP contribution in [0.5, 0.6) is 0 Å². The van der Waals surface area contributed by atoms with Gasteiger partial charge in [0, 0.05) is 46.4 Å². The topological polar surface area (TPSA) is 132 Å². The van der Waals surface area contributed by atoms with E-state index in [2.05, 4.69) is 0 Å². The van der Waals surface area contributed by atoms with E-state index in [9.17, 15) is 9.59 Å². The van der Waals surface area contributed by atoms with Crippen LogP contribution in [0.25, 0.3) is 0 Å². The molecule has 0 saturated heterocycles. The molecule has 0 radical (unpaired) electrons. The first-order valence-corrected chi connectivity index (χ1v) is 16.5. The second-order valence-corrected chi connectivity index (χ2v) is 15.6. The fourth-order valence-electron chi connectivity index (χ4n) is 4.31. The highest BCUT2D eigenvalue weighted by Crippen LogP contribution is 2.42. The molecule has 0 spiro atoms. The van der Waals surface area contributed by atoms with E-state index in [-0.39, 0.29) is 23.8 Å². The average Bonchev–Trinajstić information content (AvgIpc) is 2.79. The molecule has 0 saturated carbocycles. The summed E-state index contributed by atoms with van der Waals surface area (Å²) in [6.45, 7) is 14.6. The molecule has 0 bridgehead atoms. The third-order valence-electron chi connectivity index (χ3n) is 6.55. The lowest BCUT2D eigenvalue weighted by Crippen LogP contribution is -2.51. The van der Waals surface area contributed by atoms with Crippen molar-refractivity contribution in [1.29, 1.82) is 0 Å². The van der Waals surface area contributed by atoms with Crippen LogP contribution >= 0.6 is 0 Å². The van der Waals surface area contributed by atoms with Gasteiger partial charge < -0.3 is 33.6 Å². The van der Waals surface area contributed by atoms with Crippen LogP contribution in [-0.4, -0.2) is 63.7 Å². The lowest BCUT2D eigenvalue weighted by Gasteiger charge is -2.41. The zero-order chi connectivity index (χ0) is 27.0. The van der Waals surface area contributed by atoms with E-state index >= 15 is 0 Å². The molecule has 1 atom stereocenters. The molecule has 0 heterocycles. The SMILES string of the molecule is CCC(C(=O)O[Si](CC)(CCCN)OC(C)=O)(C(C)C)C(C)C.CO[Si](CCCN)(OC)OC. The van der Waals surface area contributed by atoms with Crippen LogP contribution in [-0.2, 0) is 31.7 Å². The molecule has 0 aliphatic carbocycles. The van der Waals surface area contributed by atoms with Crippen LogP contribution in [0.2, 0.25) is 18.1 Å². The summed E-state index contributed by atoms with van der Waals surface area (Å²) in [7, 11) is -0.411. The van der Waals surface area contributed by atoms with Crippen molar-refractivity contribution in [3.63, 3.8) is 0 Å². The first-order valence-electron chi connectivity index (χ1n) is 12.3. The van der Waals surface area contributed by atoms with Gasteiger partial charge >= 0.3 is 23.3 Å². The van der Waals surface area contributed by atoms with Gasteiger partial charge in [-0.05, 0) is 44.2 Å². The molecule has 0 aliphatic heterocycles. The molecule has 204 valence electrons. The second-order valence-electron chi connectivity index (χ2n) is 9.03. The smallest absolute Gasteiger partial charge is 0.485 e. The fourth-order valence-corrected chi connectivity index (χ4v) is 8.75. The molecule has 11 heteroatoms. The minimum Gasteiger partial charge on any atom is -0.485 e. The summed E-state index contributed by atoms with van der Waals surface area (Å²) in [6.07, 6.45) is 2.26. The van der Waals surface area contributed by atoms with Gasteiger partial charge in [-0.25, -0.2) is 0 Å². The summed E-state index contributed by atoms with van der Waals surface area (Å²) in [5.41, 5.74) is 10.4. The second kappa shape index (κ2) is 17.6. The molecule has 0 aromatic rings. The van der Waals surface area contributed by atoms with Crippen molar-refractivity contribution in [3.8, 4) is 0 Å². The minimum atomic E-state index is -2.91. The Morgan fingerprint density at radius 3 is 1.56 bits per heavy atom. The normalized spacial score (nSPS) is 13.8. The summed E-state index contributed by atoms with van der Waals surface area (Å²) in [6, 6.07) is 1.89. The van der Waals surface area contributed by atoms with Crippen molar-refractivity contribution in [2.24, 2.45) is 28.7 Å². The molecule has 0 aromatic carbocycles. The quantitative estimate of drug-likeness (QED) is 0.289. The number of carbonyl (C=O) groups is 2. The predicted octanol–water partition coefficient (Wildman–Crippen LogP) is 3.83. The van der Waals surface area contributed by atoms with Gasteiger partial charge in [0.15, 0.2) is 0 Å². The van der Waals surface area contributed by atoms with Gasteiger partial charge in [-0.2, -0.15) is 0 Å². The molecular formula is C23H52N2O7Si2. The highest BCUT2D eigenvalue weighted by atomic mass is 28.4. The maximum Gasteiger partial charge on any atom is 0.500 e. The molecule has 34 heavy (non-hydrogen) atoms. The standard InChI is InChI=1S/C17H35NO4Si.C6H17NO3Si/c1-8-17(13(3)4,14(5)6)16(20)22-23(9-2,12-10-11-18)21-15(7)19;1-8-11(9-2,10-3)6-4-5-7/h13-14H,8-12,18H2,1-7H3;4-7H2,1-3H3. The maximum atomic E-state index is 13.1. The largest absolute Gasteiger partial charge is 0.500 e. The minimum absolute atomic E-state index is 0.149. The van der Waals surface area contributed by atoms with Crippen LogP contribution in [0, 0.1) is 17.3 Å². The Kier molecular flexibility index (Phi) is 18.3. The van der Waals surface area contributed by atoms with E-state index in [1.807, 2.05) is 41.5 Å². The van der Waals surface area contributed by atoms with E-state index in [4.69, 9.17) is 33.6 Å².